The van der Waals surface area contributed by atoms with Crippen molar-refractivity contribution < 1.29 is 9.53 Å². The van der Waals surface area contributed by atoms with Crippen LogP contribution in [-0.4, -0.2) is 50.3 Å². The second-order valence-corrected chi connectivity index (χ2v) is 5.06. The predicted octanol–water partition coefficient (Wildman–Crippen LogP) is 1.08. The molecule has 21 heavy (non-hydrogen) atoms. The average molecular weight is 308 g/mol. The van der Waals surface area contributed by atoms with E-state index in [1.54, 1.807) is 24.3 Å². The first-order valence-electron chi connectivity index (χ1n) is 6.52. The number of carbonyl (C=O) groups is 1. The highest BCUT2D eigenvalue weighted by atomic mass is 35.5. The summed E-state index contributed by atoms with van der Waals surface area (Å²) in [7, 11) is 1.64. The molecule has 2 aromatic heterocycles. The van der Waals surface area contributed by atoms with E-state index >= 15 is 0 Å². The third kappa shape index (κ3) is 2.88. The molecule has 0 aromatic carbocycles. The lowest BCUT2D eigenvalue weighted by Gasteiger charge is -2.32. The molecule has 8 heteroatoms. The molecule has 0 radical (unpaired) electrons. The van der Waals surface area contributed by atoms with Gasteiger partial charge in [0.05, 0.1) is 13.2 Å². The monoisotopic (exact) mass is 307 g/mol. The normalized spacial score (nSPS) is 18.8. The van der Waals surface area contributed by atoms with Crippen LogP contribution in [0.4, 0.5) is 0 Å². The highest BCUT2D eigenvalue weighted by molar-refractivity contribution is 6.28. The van der Waals surface area contributed by atoms with E-state index < -0.39 is 0 Å². The van der Waals surface area contributed by atoms with E-state index in [0.717, 1.165) is 5.56 Å². The number of amides is 1. The largest absolute Gasteiger partial charge is 0.370 e. The van der Waals surface area contributed by atoms with Crippen LogP contribution in [0.5, 0.6) is 0 Å². The van der Waals surface area contributed by atoms with Crippen molar-refractivity contribution in [2.75, 3.05) is 19.7 Å². The van der Waals surface area contributed by atoms with Crippen molar-refractivity contribution in [3.05, 3.63) is 41.2 Å². The molecule has 7 nitrogen and oxygen atoms in total. The van der Waals surface area contributed by atoms with Crippen LogP contribution in [0, 0.1) is 0 Å². The van der Waals surface area contributed by atoms with Gasteiger partial charge in [0.1, 0.15) is 6.10 Å². The van der Waals surface area contributed by atoms with E-state index in [2.05, 4.69) is 15.1 Å². The summed E-state index contributed by atoms with van der Waals surface area (Å²) < 4.78 is 7.07. The second-order valence-electron chi connectivity index (χ2n) is 4.73. The zero-order chi connectivity index (χ0) is 14.8. The maximum absolute atomic E-state index is 12.4. The van der Waals surface area contributed by atoms with Gasteiger partial charge in [0.25, 0.3) is 5.91 Å². The molecule has 0 bridgehead atoms. The molecule has 1 amide bonds. The zero-order valence-electron chi connectivity index (χ0n) is 11.4. The number of carbonyl (C=O) groups excluding carboxylic acids is 1. The van der Waals surface area contributed by atoms with Crippen LogP contribution in [0.1, 0.15) is 22.3 Å². The average Bonchev–Trinajstić information content (AvgIpc) is 2.87. The molecule has 110 valence electrons. The molecule has 1 aliphatic rings. The van der Waals surface area contributed by atoms with Crippen molar-refractivity contribution in [1.82, 2.24) is 24.6 Å². The Hall–Kier alpha value is -1.99. The van der Waals surface area contributed by atoms with Gasteiger partial charge < -0.3 is 9.64 Å². The summed E-state index contributed by atoms with van der Waals surface area (Å²) in [5.41, 5.74) is 0.946. The number of pyridine rings is 1. The van der Waals surface area contributed by atoms with Gasteiger partial charge in [-0.3, -0.25) is 9.78 Å². The van der Waals surface area contributed by atoms with Gasteiger partial charge in [-0.15, -0.1) is 5.10 Å². The van der Waals surface area contributed by atoms with Crippen LogP contribution in [0.3, 0.4) is 0 Å². The fourth-order valence-electron chi connectivity index (χ4n) is 2.20. The molecule has 0 aliphatic carbocycles. The summed E-state index contributed by atoms with van der Waals surface area (Å²) in [6.45, 7) is 1.41. The van der Waals surface area contributed by atoms with Crippen LogP contribution >= 0.6 is 11.6 Å². The smallest absolute Gasteiger partial charge is 0.293 e. The number of ether oxygens (including phenoxy) is 1. The fourth-order valence-corrected chi connectivity index (χ4v) is 2.32. The zero-order valence-corrected chi connectivity index (χ0v) is 12.2. The molecule has 2 aromatic rings. The Bertz CT molecular complexity index is 626. The van der Waals surface area contributed by atoms with E-state index in [4.69, 9.17) is 16.3 Å². The summed E-state index contributed by atoms with van der Waals surface area (Å²) in [5.74, 6) is -0.135. The Morgan fingerprint density at radius 1 is 1.52 bits per heavy atom. The van der Waals surface area contributed by atoms with Gasteiger partial charge in [0.15, 0.2) is 0 Å². The fraction of sp³-hybridized carbons (Fsp3) is 0.385. The van der Waals surface area contributed by atoms with Gasteiger partial charge >= 0.3 is 0 Å². The van der Waals surface area contributed by atoms with Crippen LogP contribution in [0.2, 0.25) is 5.28 Å². The maximum atomic E-state index is 12.4. The first-order chi connectivity index (χ1) is 10.1. The van der Waals surface area contributed by atoms with Crippen molar-refractivity contribution in [2.24, 2.45) is 7.05 Å². The third-order valence-electron chi connectivity index (χ3n) is 3.31. The van der Waals surface area contributed by atoms with Crippen molar-refractivity contribution in [3.8, 4) is 0 Å². The van der Waals surface area contributed by atoms with E-state index in [9.17, 15) is 4.79 Å². The number of nitrogens with zero attached hydrogens (tertiary/aromatic N) is 5. The minimum absolute atomic E-state index is 0.106. The SMILES string of the molecule is Cn1nc(C(=O)N2CCOC(c3cccnc3)C2)nc1Cl. The lowest BCUT2D eigenvalue weighted by atomic mass is 10.1. The van der Waals surface area contributed by atoms with E-state index in [1.165, 1.54) is 4.68 Å². The van der Waals surface area contributed by atoms with E-state index in [0.29, 0.717) is 19.7 Å². The topological polar surface area (TPSA) is 73.1 Å². The third-order valence-corrected chi connectivity index (χ3v) is 3.64. The Morgan fingerprint density at radius 2 is 2.38 bits per heavy atom. The van der Waals surface area contributed by atoms with Gasteiger partial charge in [0.2, 0.25) is 11.1 Å². The Kier molecular flexibility index (Phi) is 3.85. The molecule has 1 unspecified atom stereocenters. The molecule has 0 spiro atoms. The molecule has 1 saturated heterocycles. The van der Waals surface area contributed by atoms with Gasteiger partial charge in [-0.2, -0.15) is 4.98 Å². The van der Waals surface area contributed by atoms with Crippen LogP contribution in [-0.2, 0) is 11.8 Å². The number of aryl methyl sites for hydroxylation is 1. The van der Waals surface area contributed by atoms with Gasteiger partial charge in [-0.25, -0.2) is 4.68 Å². The van der Waals surface area contributed by atoms with E-state index in [1.807, 2.05) is 12.1 Å². The van der Waals surface area contributed by atoms with Crippen molar-refractivity contribution in [3.63, 3.8) is 0 Å². The molecule has 0 N–H and O–H groups in total. The van der Waals surface area contributed by atoms with Gasteiger partial charge in [-0.1, -0.05) is 6.07 Å². The second kappa shape index (κ2) is 5.79. The minimum atomic E-state index is -0.241. The highest BCUT2D eigenvalue weighted by Gasteiger charge is 2.28. The van der Waals surface area contributed by atoms with Crippen LogP contribution < -0.4 is 0 Å². The minimum Gasteiger partial charge on any atom is -0.370 e. The molecule has 1 fully saturated rings. The number of halogens is 1. The van der Waals surface area contributed by atoms with Crippen LogP contribution in [0.15, 0.2) is 24.5 Å². The number of rotatable bonds is 2. The number of aromatic nitrogens is 4. The Labute approximate surface area is 126 Å². The summed E-state index contributed by atoms with van der Waals surface area (Å²) in [5, 5.41) is 4.20. The molecule has 3 heterocycles. The van der Waals surface area contributed by atoms with E-state index in [-0.39, 0.29) is 23.1 Å². The Morgan fingerprint density at radius 3 is 3.05 bits per heavy atom. The number of hydrogen-bond acceptors (Lipinski definition) is 5. The Balaban J connectivity index is 1.75. The molecular formula is C13H14ClN5O2. The maximum Gasteiger partial charge on any atom is 0.293 e. The van der Waals surface area contributed by atoms with Crippen molar-refractivity contribution in [1.29, 1.82) is 0 Å². The van der Waals surface area contributed by atoms with Gasteiger partial charge in [-0.05, 0) is 17.7 Å². The molecule has 1 aliphatic heterocycles. The predicted molar refractivity (Wildman–Crippen MR) is 74.8 cm³/mol. The van der Waals surface area contributed by atoms with Crippen molar-refractivity contribution >= 4 is 17.5 Å². The highest BCUT2D eigenvalue weighted by Crippen LogP contribution is 2.22. The molecule has 0 saturated carbocycles. The lowest BCUT2D eigenvalue weighted by Crippen LogP contribution is -2.42. The van der Waals surface area contributed by atoms with Crippen molar-refractivity contribution in [2.45, 2.75) is 6.10 Å². The quantitative estimate of drug-likeness (QED) is 0.830. The summed E-state index contributed by atoms with van der Waals surface area (Å²) >= 11 is 5.82. The first kappa shape index (κ1) is 14.0. The summed E-state index contributed by atoms with van der Waals surface area (Å²) in [6.07, 6.45) is 3.26. The molecule has 1 atom stereocenters. The summed E-state index contributed by atoms with van der Waals surface area (Å²) in [4.78, 5) is 22.1. The van der Waals surface area contributed by atoms with Gasteiger partial charge in [0, 0.05) is 31.5 Å². The molecule has 3 rings (SSSR count). The van der Waals surface area contributed by atoms with Crippen LogP contribution in [0.25, 0.3) is 0 Å². The lowest BCUT2D eigenvalue weighted by molar-refractivity contribution is -0.0233. The standard InChI is InChI=1S/C13H14ClN5O2/c1-18-13(14)16-11(17-18)12(20)19-5-6-21-10(8-19)9-3-2-4-15-7-9/h2-4,7,10H,5-6,8H2,1H3. The number of hydrogen-bond donors (Lipinski definition) is 0. The first-order valence-corrected chi connectivity index (χ1v) is 6.90. The summed E-state index contributed by atoms with van der Waals surface area (Å²) in [6, 6.07) is 3.78. The number of morpholine rings is 1. The molecular weight excluding hydrogens is 294 g/mol.